The van der Waals surface area contributed by atoms with Crippen LogP contribution in [0.4, 0.5) is 0 Å². The Morgan fingerprint density at radius 2 is 2.10 bits per heavy atom. The van der Waals surface area contributed by atoms with Gasteiger partial charge >= 0.3 is 5.97 Å². The van der Waals surface area contributed by atoms with Crippen LogP contribution < -0.4 is 14.2 Å². The van der Waals surface area contributed by atoms with Crippen LogP contribution >= 0.6 is 0 Å². The lowest BCUT2D eigenvalue weighted by Crippen LogP contribution is -2.58. The van der Waals surface area contributed by atoms with Crippen molar-refractivity contribution in [2.75, 3.05) is 21.0 Å². The van der Waals surface area contributed by atoms with Crippen molar-refractivity contribution in [3.05, 3.63) is 42.2 Å². The number of rotatable bonds is 6. The van der Waals surface area contributed by atoms with Gasteiger partial charge in [0.05, 0.1) is 7.11 Å². The average molecular weight is 430 g/mol. The second-order valence-corrected chi connectivity index (χ2v) is 8.17. The molecule has 1 aromatic carbocycles. The SMILES string of the molecule is C=CC[C@@]12C=C(O)C(=O)[C@](OC)([C@H](c3cc(OC)c4c(c3)OCO4)[C@H]1C)[C@H]2OC(C)=O. The Hall–Kier alpha value is -3.00. The summed E-state index contributed by atoms with van der Waals surface area (Å²) in [6, 6.07) is 3.55. The maximum atomic E-state index is 13.4. The molecular formula is C23H26O8. The highest BCUT2D eigenvalue weighted by Crippen LogP contribution is 2.65. The summed E-state index contributed by atoms with van der Waals surface area (Å²) >= 11 is 0. The van der Waals surface area contributed by atoms with Crippen LogP contribution in [-0.2, 0) is 19.1 Å². The highest BCUT2D eigenvalue weighted by Gasteiger charge is 2.74. The van der Waals surface area contributed by atoms with Crippen LogP contribution in [0.2, 0.25) is 0 Å². The third-order valence-electron chi connectivity index (χ3n) is 6.84. The Balaban J connectivity index is 1.99. The maximum absolute atomic E-state index is 13.4. The number of esters is 1. The van der Waals surface area contributed by atoms with E-state index in [0.717, 1.165) is 0 Å². The van der Waals surface area contributed by atoms with Crippen molar-refractivity contribution >= 4 is 11.8 Å². The highest BCUT2D eigenvalue weighted by atomic mass is 16.7. The molecule has 1 aromatic rings. The molecule has 8 nitrogen and oxygen atoms in total. The molecule has 2 bridgehead atoms. The number of fused-ring (bicyclic) bond motifs is 3. The zero-order chi connectivity index (χ0) is 22.6. The fourth-order valence-corrected chi connectivity index (χ4v) is 5.63. The summed E-state index contributed by atoms with van der Waals surface area (Å²) in [6.07, 6.45) is 2.60. The molecule has 0 spiro atoms. The Morgan fingerprint density at radius 3 is 2.71 bits per heavy atom. The van der Waals surface area contributed by atoms with Gasteiger partial charge in [0.1, 0.15) is 6.10 Å². The number of hydrogen-bond donors (Lipinski definition) is 1. The van der Waals surface area contributed by atoms with Crippen LogP contribution in [0, 0.1) is 11.3 Å². The molecule has 5 atom stereocenters. The van der Waals surface area contributed by atoms with E-state index in [1.807, 2.05) is 6.92 Å². The van der Waals surface area contributed by atoms with Gasteiger partial charge < -0.3 is 28.8 Å². The molecule has 1 heterocycles. The fourth-order valence-electron chi connectivity index (χ4n) is 5.63. The molecule has 1 N–H and O–H groups in total. The minimum atomic E-state index is -1.63. The topological polar surface area (TPSA) is 101 Å². The number of aliphatic hydroxyl groups is 1. The standard InChI is InChI=1S/C23H26O8/c1-6-7-22-10-15(25)20(26)23(28-5,21(22)31-13(3)24)18(12(22)2)14-8-16(27-4)19-17(9-14)29-11-30-19/h6,8-10,12,18,21,25H,1,7,11H2,2-5H3/t12-,18+,21+,22-,23-/m1/s1. The van der Waals surface area contributed by atoms with Crippen LogP contribution in [0.25, 0.3) is 0 Å². The number of benzene rings is 1. The van der Waals surface area contributed by atoms with Gasteiger partial charge in [-0.1, -0.05) is 13.0 Å². The predicted octanol–water partition coefficient (Wildman–Crippen LogP) is 3.06. The van der Waals surface area contributed by atoms with E-state index in [9.17, 15) is 14.7 Å². The lowest BCUT2D eigenvalue weighted by Gasteiger charge is -2.43. The van der Waals surface area contributed by atoms with E-state index in [0.29, 0.717) is 29.2 Å². The van der Waals surface area contributed by atoms with Crippen LogP contribution in [0.1, 0.15) is 31.7 Å². The van der Waals surface area contributed by atoms with Crippen molar-refractivity contribution in [2.24, 2.45) is 11.3 Å². The molecule has 31 heavy (non-hydrogen) atoms. The number of methoxy groups -OCH3 is 2. The average Bonchev–Trinajstić information content (AvgIpc) is 3.26. The molecule has 0 aromatic heterocycles. The second kappa shape index (κ2) is 7.30. The van der Waals surface area contributed by atoms with Gasteiger partial charge in [0.25, 0.3) is 0 Å². The summed E-state index contributed by atoms with van der Waals surface area (Å²) in [5.74, 6) is -1.03. The van der Waals surface area contributed by atoms with Crippen molar-refractivity contribution in [1.29, 1.82) is 0 Å². The van der Waals surface area contributed by atoms with E-state index in [1.54, 1.807) is 18.2 Å². The van der Waals surface area contributed by atoms with E-state index in [1.165, 1.54) is 27.2 Å². The Labute approximate surface area is 180 Å². The minimum absolute atomic E-state index is 0.0581. The van der Waals surface area contributed by atoms with E-state index >= 15 is 0 Å². The number of allylic oxidation sites excluding steroid dienone is 1. The quantitative estimate of drug-likeness (QED) is 0.543. The zero-order valence-corrected chi connectivity index (χ0v) is 18.0. The molecule has 4 rings (SSSR count). The lowest BCUT2D eigenvalue weighted by atomic mass is 9.69. The number of ketones is 1. The molecule has 3 aliphatic rings. The normalized spacial score (nSPS) is 33.1. The smallest absolute Gasteiger partial charge is 0.303 e. The third kappa shape index (κ3) is 2.70. The molecule has 1 saturated carbocycles. The van der Waals surface area contributed by atoms with Gasteiger partial charge in [0.2, 0.25) is 18.3 Å². The van der Waals surface area contributed by atoms with E-state index in [2.05, 4.69) is 6.58 Å². The van der Waals surface area contributed by atoms with Gasteiger partial charge in [-0.05, 0) is 36.1 Å². The molecule has 1 fully saturated rings. The van der Waals surface area contributed by atoms with Crippen LogP contribution in [0.5, 0.6) is 17.2 Å². The number of carbonyl (C=O) groups excluding carboxylic acids is 2. The summed E-state index contributed by atoms with van der Waals surface area (Å²) < 4.78 is 28.2. The summed E-state index contributed by atoms with van der Waals surface area (Å²) in [5, 5.41) is 10.6. The number of carbonyl (C=O) groups is 2. The molecule has 0 amide bonds. The van der Waals surface area contributed by atoms with Crippen molar-refractivity contribution in [1.82, 2.24) is 0 Å². The van der Waals surface area contributed by atoms with Gasteiger partial charge in [-0.15, -0.1) is 6.58 Å². The van der Waals surface area contributed by atoms with Crippen molar-refractivity contribution in [3.63, 3.8) is 0 Å². The molecule has 0 radical (unpaired) electrons. The Kier molecular flexibility index (Phi) is 5.00. The number of hydrogen-bond acceptors (Lipinski definition) is 8. The van der Waals surface area contributed by atoms with Gasteiger partial charge in [0.15, 0.2) is 22.9 Å². The highest BCUT2D eigenvalue weighted by molar-refractivity contribution is 6.04. The first-order valence-electron chi connectivity index (χ1n) is 10.0. The molecule has 0 unspecified atom stereocenters. The van der Waals surface area contributed by atoms with Crippen molar-refractivity contribution in [2.45, 2.75) is 37.9 Å². The van der Waals surface area contributed by atoms with Crippen molar-refractivity contribution < 1.29 is 38.4 Å². The van der Waals surface area contributed by atoms with E-state index in [4.69, 9.17) is 23.7 Å². The minimum Gasteiger partial charge on any atom is -0.505 e. The number of ether oxygens (including phenoxy) is 5. The maximum Gasteiger partial charge on any atom is 0.303 e. The van der Waals surface area contributed by atoms with E-state index < -0.39 is 40.5 Å². The Morgan fingerprint density at radius 1 is 1.35 bits per heavy atom. The van der Waals surface area contributed by atoms with Gasteiger partial charge in [-0.2, -0.15) is 0 Å². The van der Waals surface area contributed by atoms with Crippen molar-refractivity contribution in [3.8, 4) is 17.2 Å². The monoisotopic (exact) mass is 430 g/mol. The molecular weight excluding hydrogens is 404 g/mol. The second-order valence-electron chi connectivity index (χ2n) is 8.17. The summed E-state index contributed by atoms with van der Waals surface area (Å²) in [4.78, 5) is 25.5. The molecule has 2 aliphatic carbocycles. The molecule has 8 heteroatoms. The first-order valence-corrected chi connectivity index (χ1v) is 10.0. The largest absolute Gasteiger partial charge is 0.505 e. The van der Waals surface area contributed by atoms with Crippen LogP contribution in [0.15, 0.2) is 36.6 Å². The van der Waals surface area contributed by atoms with Crippen LogP contribution in [-0.4, -0.2) is 49.6 Å². The van der Waals surface area contributed by atoms with Gasteiger partial charge in [-0.3, -0.25) is 9.59 Å². The molecule has 0 saturated heterocycles. The third-order valence-corrected chi connectivity index (χ3v) is 6.84. The first-order chi connectivity index (χ1) is 14.8. The predicted molar refractivity (Wildman–Crippen MR) is 109 cm³/mol. The van der Waals surface area contributed by atoms with E-state index in [-0.39, 0.29) is 12.7 Å². The summed E-state index contributed by atoms with van der Waals surface area (Å²) in [7, 11) is 2.91. The molecule has 1 aliphatic heterocycles. The summed E-state index contributed by atoms with van der Waals surface area (Å²) in [6.45, 7) is 7.14. The van der Waals surface area contributed by atoms with Crippen LogP contribution in [0.3, 0.4) is 0 Å². The zero-order valence-electron chi connectivity index (χ0n) is 18.0. The number of aliphatic hydroxyl groups excluding tert-OH is 1. The number of Topliss-reactive ketones (excluding diaryl/α,β-unsaturated/α-hetero) is 1. The first kappa shape index (κ1) is 21.2. The summed E-state index contributed by atoms with van der Waals surface area (Å²) in [5.41, 5.74) is -1.84. The lowest BCUT2D eigenvalue weighted by molar-refractivity contribution is -0.181. The fraction of sp³-hybridized carbons (Fsp3) is 0.478. The Bertz CT molecular complexity index is 982. The molecule has 166 valence electrons. The van der Waals surface area contributed by atoms with Gasteiger partial charge in [-0.25, -0.2) is 0 Å². The van der Waals surface area contributed by atoms with Gasteiger partial charge in [0, 0.05) is 25.4 Å².